The number of halogens is 1. The van der Waals surface area contributed by atoms with E-state index in [4.69, 9.17) is 15.5 Å². The minimum Gasteiger partial charge on any atom is -0.395 e. The standard InChI is InChI=1S/C12H15FN2O2/c13-12-7-10(8-14)1-2-11(12)9-15(3-5-16)4-6-17/h1-2,7,16-17H,3-6,9H2. The predicted molar refractivity (Wildman–Crippen MR) is 60.6 cm³/mol. The highest BCUT2D eigenvalue weighted by atomic mass is 19.1. The second-order valence-electron chi connectivity index (χ2n) is 3.64. The van der Waals surface area contributed by atoms with Gasteiger partial charge in [-0.2, -0.15) is 5.26 Å². The van der Waals surface area contributed by atoms with Crippen molar-refractivity contribution in [1.29, 1.82) is 5.26 Å². The summed E-state index contributed by atoms with van der Waals surface area (Å²) in [6.45, 7) is 0.967. The molecule has 0 unspecified atom stereocenters. The van der Waals surface area contributed by atoms with Gasteiger partial charge in [-0.15, -0.1) is 0 Å². The van der Waals surface area contributed by atoms with Crippen LogP contribution < -0.4 is 0 Å². The summed E-state index contributed by atoms with van der Waals surface area (Å²) in [6, 6.07) is 6.15. The maximum absolute atomic E-state index is 13.6. The van der Waals surface area contributed by atoms with Gasteiger partial charge in [0.1, 0.15) is 5.82 Å². The highest BCUT2D eigenvalue weighted by molar-refractivity contribution is 5.32. The molecule has 0 heterocycles. The van der Waals surface area contributed by atoms with Gasteiger partial charge >= 0.3 is 0 Å². The van der Waals surface area contributed by atoms with Gasteiger partial charge in [-0.05, 0) is 12.1 Å². The highest BCUT2D eigenvalue weighted by Gasteiger charge is 2.09. The van der Waals surface area contributed by atoms with Gasteiger partial charge in [-0.3, -0.25) is 4.90 Å². The van der Waals surface area contributed by atoms with E-state index in [1.165, 1.54) is 6.07 Å². The average Bonchev–Trinajstić information content (AvgIpc) is 2.32. The molecule has 0 saturated carbocycles. The molecular formula is C12H15FN2O2. The van der Waals surface area contributed by atoms with E-state index < -0.39 is 5.82 Å². The molecule has 0 spiro atoms. The summed E-state index contributed by atoms with van der Waals surface area (Å²) in [6.07, 6.45) is 0. The lowest BCUT2D eigenvalue weighted by atomic mass is 10.1. The van der Waals surface area contributed by atoms with Crippen molar-refractivity contribution in [2.24, 2.45) is 0 Å². The molecular weight excluding hydrogens is 223 g/mol. The van der Waals surface area contributed by atoms with Crippen LogP contribution >= 0.6 is 0 Å². The van der Waals surface area contributed by atoms with Crippen molar-refractivity contribution in [1.82, 2.24) is 4.90 Å². The summed E-state index contributed by atoms with van der Waals surface area (Å²) in [5, 5.41) is 26.3. The van der Waals surface area contributed by atoms with E-state index >= 15 is 0 Å². The summed E-state index contributed by atoms with van der Waals surface area (Å²) in [5.74, 6) is -0.440. The Morgan fingerprint density at radius 2 is 1.88 bits per heavy atom. The van der Waals surface area contributed by atoms with Crippen LogP contribution in [0.25, 0.3) is 0 Å². The Morgan fingerprint density at radius 1 is 1.24 bits per heavy atom. The minimum atomic E-state index is -0.440. The fourth-order valence-corrected chi connectivity index (χ4v) is 1.54. The number of nitrogens with zero attached hydrogens (tertiary/aromatic N) is 2. The van der Waals surface area contributed by atoms with E-state index in [0.29, 0.717) is 25.2 Å². The Kier molecular flexibility index (Phi) is 5.57. The molecule has 0 aliphatic heterocycles. The Labute approximate surface area is 99.5 Å². The third-order valence-electron chi connectivity index (χ3n) is 2.41. The number of hydrogen-bond donors (Lipinski definition) is 2. The summed E-state index contributed by atoms with van der Waals surface area (Å²) >= 11 is 0. The molecule has 92 valence electrons. The van der Waals surface area contributed by atoms with Crippen molar-refractivity contribution in [2.45, 2.75) is 6.54 Å². The zero-order chi connectivity index (χ0) is 12.7. The van der Waals surface area contributed by atoms with Crippen LogP contribution in [-0.2, 0) is 6.54 Å². The number of rotatable bonds is 6. The van der Waals surface area contributed by atoms with Gasteiger partial charge in [0, 0.05) is 25.2 Å². The largest absolute Gasteiger partial charge is 0.395 e. The zero-order valence-electron chi connectivity index (χ0n) is 9.43. The molecule has 0 radical (unpaired) electrons. The number of benzene rings is 1. The molecule has 17 heavy (non-hydrogen) atoms. The minimum absolute atomic E-state index is 0.0438. The monoisotopic (exact) mass is 238 g/mol. The first-order valence-corrected chi connectivity index (χ1v) is 5.34. The van der Waals surface area contributed by atoms with E-state index in [9.17, 15) is 4.39 Å². The molecule has 0 saturated heterocycles. The molecule has 4 nitrogen and oxygen atoms in total. The van der Waals surface area contributed by atoms with Crippen molar-refractivity contribution in [3.63, 3.8) is 0 Å². The van der Waals surface area contributed by atoms with E-state index in [1.54, 1.807) is 17.0 Å². The fourth-order valence-electron chi connectivity index (χ4n) is 1.54. The number of nitriles is 1. The lowest BCUT2D eigenvalue weighted by molar-refractivity contribution is 0.154. The maximum Gasteiger partial charge on any atom is 0.129 e. The van der Waals surface area contributed by atoms with Gasteiger partial charge in [0.05, 0.1) is 24.8 Å². The van der Waals surface area contributed by atoms with Crippen LogP contribution in [0.15, 0.2) is 18.2 Å². The first kappa shape index (κ1) is 13.6. The molecule has 2 N–H and O–H groups in total. The Hall–Kier alpha value is -1.48. The summed E-state index contributed by atoms with van der Waals surface area (Å²) in [4.78, 5) is 1.74. The van der Waals surface area contributed by atoms with Gasteiger partial charge in [-0.25, -0.2) is 4.39 Å². The van der Waals surface area contributed by atoms with E-state index in [0.717, 1.165) is 0 Å². The van der Waals surface area contributed by atoms with Crippen molar-refractivity contribution in [3.8, 4) is 6.07 Å². The first-order valence-electron chi connectivity index (χ1n) is 5.34. The van der Waals surface area contributed by atoms with Crippen LogP contribution in [0.4, 0.5) is 4.39 Å². The SMILES string of the molecule is N#Cc1ccc(CN(CCO)CCO)c(F)c1. The molecule has 1 rings (SSSR count). The highest BCUT2D eigenvalue weighted by Crippen LogP contribution is 2.12. The van der Waals surface area contributed by atoms with Gasteiger partial charge < -0.3 is 10.2 Å². The third-order valence-corrected chi connectivity index (χ3v) is 2.41. The molecule has 1 aromatic carbocycles. The smallest absolute Gasteiger partial charge is 0.129 e. The van der Waals surface area contributed by atoms with Crippen LogP contribution in [-0.4, -0.2) is 41.4 Å². The lowest BCUT2D eigenvalue weighted by Crippen LogP contribution is -2.29. The second-order valence-corrected chi connectivity index (χ2v) is 3.64. The molecule has 0 aliphatic carbocycles. The molecule has 0 amide bonds. The third kappa shape index (κ3) is 4.11. The van der Waals surface area contributed by atoms with Gasteiger partial charge in [0.15, 0.2) is 0 Å². The second kappa shape index (κ2) is 6.97. The van der Waals surface area contributed by atoms with Gasteiger partial charge in [0.2, 0.25) is 0 Å². The zero-order valence-corrected chi connectivity index (χ0v) is 9.43. The van der Waals surface area contributed by atoms with Gasteiger partial charge in [-0.1, -0.05) is 6.07 Å². The van der Waals surface area contributed by atoms with Crippen molar-refractivity contribution in [2.75, 3.05) is 26.3 Å². The van der Waals surface area contributed by atoms with Crippen LogP contribution in [0.5, 0.6) is 0 Å². The summed E-state index contributed by atoms with van der Waals surface area (Å²) in [5.41, 5.74) is 0.730. The van der Waals surface area contributed by atoms with Crippen molar-refractivity contribution in [3.05, 3.63) is 35.1 Å². The molecule has 0 bridgehead atoms. The Morgan fingerprint density at radius 3 is 2.35 bits per heavy atom. The van der Waals surface area contributed by atoms with Crippen LogP contribution in [0.3, 0.4) is 0 Å². The molecule has 1 aromatic rings. The first-order chi connectivity index (χ1) is 8.21. The lowest BCUT2D eigenvalue weighted by Gasteiger charge is -2.20. The normalized spacial score (nSPS) is 10.5. The van der Waals surface area contributed by atoms with Crippen molar-refractivity contribution >= 4 is 0 Å². The molecule has 0 atom stereocenters. The summed E-state index contributed by atoms with van der Waals surface area (Å²) in [7, 11) is 0. The predicted octanol–water partition coefficient (Wildman–Crippen LogP) is 0.484. The topological polar surface area (TPSA) is 67.5 Å². The Balaban J connectivity index is 2.75. The molecule has 0 aromatic heterocycles. The summed E-state index contributed by atoms with van der Waals surface area (Å²) < 4.78 is 13.6. The van der Waals surface area contributed by atoms with Crippen molar-refractivity contribution < 1.29 is 14.6 Å². The van der Waals surface area contributed by atoms with E-state index in [1.807, 2.05) is 6.07 Å². The molecule has 0 fully saturated rings. The average molecular weight is 238 g/mol. The quantitative estimate of drug-likeness (QED) is 0.756. The molecule has 5 heteroatoms. The number of hydrogen-bond acceptors (Lipinski definition) is 4. The number of aliphatic hydroxyl groups is 2. The van der Waals surface area contributed by atoms with E-state index in [2.05, 4.69) is 0 Å². The van der Waals surface area contributed by atoms with E-state index in [-0.39, 0.29) is 18.8 Å². The van der Waals surface area contributed by atoms with Gasteiger partial charge in [0.25, 0.3) is 0 Å². The van der Waals surface area contributed by atoms with Crippen LogP contribution in [0, 0.1) is 17.1 Å². The number of aliphatic hydroxyl groups excluding tert-OH is 2. The van der Waals surface area contributed by atoms with Crippen LogP contribution in [0.2, 0.25) is 0 Å². The fraction of sp³-hybridized carbons (Fsp3) is 0.417. The maximum atomic E-state index is 13.6. The van der Waals surface area contributed by atoms with Crippen LogP contribution in [0.1, 0.15) is 11.1 Å². The Bertz CT molecular complexity index is 398. The molecule has 0 aliphatic rings.